The molecule has 0 aliphatic carbocycles. The first-order valence-electron chi connectivity index (χ1n) is 11.4. The Morgan fingerprint density at radius 3 is 2.47 bits per heavy atom. The van der Waals surface area contributed by atoms with Gasteiger partial charge in [-0.2, -0.15) is 5.10 Å². The zero-order valence-electron chi connectivity index (χ0n) is 20.5. The number of hydrogen-bond acceptors (Lipinski definition) is 6. The van der Waals surface area contributed by atoms with Gasteiger partial charge >= 0.3 is 0 Å². The molecule has 0 aliphatic rings. The molecule has 0 radical (unpaired) electrons. The highest BCUT2D eigenvalue weighted by molar-refractivity contribution is 5.95. The fraction of sp³-hybridized carbons (Fsp3) is 0.231. The van der Waals surface area contributed by atoms with Gasteiger partial charge in [0.05, 0.1) is 31.8 Å². The van der Waals surface area contributed by atoms with Crippen molar-refractivity contribution in [3.63, 3.8) is 0 Å². The largest absolute Gasteiger partial charge is 0.461 e. The molecule has 3 heterocycles. The van der Waals surface area contributed by atoms with E-state index in [-0.39, 0.29) is 49.3 Å². The average molecular weight is 546 g/mol. The van der Waals surface area contributed by atoms with Crippen LogP contribution in [0.25, 0.3) is 0 Å². The lowest BCUT2D eigenvalue weighted by Crippen LogP contribution is -2.24. The van der Waals surface area contributed by atoms with Crippen LogP contribution in [0.2, 0.25) is 0 Å². The van der Waals surface area contributed by atoms with Gasteiger partial charge in [-0.3, -0.25) is 19.3 Å². The Morgan fingerprint density at radius 1 is 1.03 bits per heavy atom. The number of ether oxygens (including phenoxy) is 2. The Labute approximate surface area is 223 Å². The standard InChI is InChI=1S/C26H25F2N5O4.ClH/c1-36-16-23-21(26(35)30-11-22-24(37-17-27)3-2-10-29-22)15-33(31-23)13-19-6-4-18(5-7-19)12-32-14-20(28)8-9-25(32)34;/h2-10,14-15H,11-13,16-17H2,1H3,(H,30,35);1H. The lowest BCUT2D eigenvalue weighted by molar-refractivity contribution is 0.0944. The van der Waals surface area contributed by atoms with Crippen LogP contribution in [-0.2, 0) is 31.0 Å². The van der Waals surface area contributed by atoms with Crippen LogP contribution in [0.5, 0.6) is 5.75 Å². The summed E-state index contributed by atoms with van der Waals surface area (Å²) in [5.41, 5.74) is 2.66. The highest BCUT2D eigenvalue weighted by atomic mass is 35.5. The van der Waals surface area contributed by atoms with E-state index in [0.717, 1.165) is 17.2 Å². The van der Waals surface area contributed by atoms with Crippen LogP contribution < -0.4 is 15.6 Å². The van der Waals surface area contributed by atoms with Gasteiger partial charge < -0.3 is 19.4 Å². The number of alkyl halides is 1. The van der Waals surface area contributed by atoms with Crippen molar-refractivity contribution >= 4 is 18.3 Å². The van der Waals surface area contributed by atoms with Crippen molar-refractivity contribution in [2.75, 3.05) is 14.0 Å². The maximum absolute atomic E-state index is 13.5. The summed E-state index contributed by atoms with van der Waals surface area (Å²) in [4.78, 5) is 29.0. The predicted molar refractivity (Wildman–Crippen MR) is 138 cm³/mol. The number of nitrogens with zero attached hydrogens (tertiary/aromatic N) is 4. The number of aromatic nitrogens is 4. The van der Waals surface area contributed by atoms with Gasteiger partial charge in [0.2, 0.25) is 6.86 Å². The van der Waals surface area contributed by atoms with Gasteiger partial charge in [-0.25, -0.2) is 8.78 Å². The van der Waals surface area contributed by atoms with Crippen LogP contribution in [0, 0.1) is 5.82 Å². The van der Waals surface area contributed by atoms with Gasteiger partial charge in [0.1, 0.15) is 23.0 Å². The Kier molecular flexibility index (Phi) is 10.1. The Hall–Kier alpha value is -4.09. The number of rotatable bonds is 11. The van der Waals surface area contributed by atoms with E-state index in [0.29, 0.717) is 23.5 Å². The highest BCUT2D eigenvalue weighted by Crippen LogP contribution is 2.16. The molecule has 0 saturated heterocycles. The second kappa shape index (κ2) is 13.5. The molecule has 200 valence electrons. The maximum atomic E-state index is 13.5. The van der Waals surface area contributed by atoms with Gasteiger partial charge in [0.15, 0.2) is 0 Å². The SMILES string of the molecule is COCc1nn(Cc2ccc(Cn3cc(F)ccc3=O)cc2)cc1C(=O)NCc1ncccc1OCF.Cl. The van der Waals surface area contributed by atoms with Crippen LogP contribution in [0.15, 0.2) is 71.9 Å². The van der Waals surface area contributed by atoms with Crippen molar-refractivity contribution in [2.45, 2.75) is 26.2 Å². The third-order valence-corrected chi connectivity index (χ3v) is 5.51. The van der Waals surface area contributed by atoms with E-state index in [1.54, 1.807) is 23.0 Å². The van der Waals surface area contributed by atoms with Crippen molar-refractivity contribution in [3.05, 3.63) is 111 Å². The number of benzene rings is 1. The van der Waals surface area contributed by atoms with Gasteiger partial charge in [0, 0.05) is 31.8 Å². The molecule has 1 aromatic carbocycles. The van der Waals surface area contributed by atoms with Crippen LogP contribution >= 0.6 is 12.4 Å². The number of halogens is 3. The number of carbonyl (C=O) groups is 1. The summed E-state index contributed by atoms with van der Waals surface area (Å²) in [6.45, 7) is -0.185. The van der Waals surface area contributed by atoms with E-state index in [1.165, 1.54) is 30.1 Å². The normalized spacial score (nSPS) is 10.6. The van der Waals surface area contributed by atoms with E-state index < -0.39 is 12.7 Å². The molecule has 3 aromatic heterocycles. The molecule has 1 N–H and O–H groups in total. The second-order valence-corrected chi connectivity index (χ2v) is 8.13. The molecule has 9 nitrogen and oxygen atoms in total. The highest BCUT2D eigenvalue weighted by Gasteiger charge is 2.17. The molecule has 0 fully saturated rings. The first-order chi connectivity index (χ1) is 18.0. The van der Waals surface area contributed by atoms with Crippen LogP contribution in [0.3, 0.4) is 0 Å². The smallest absolute Gasteiger partial charge is 0.255 e. The van der Waals surface area contributed by atoms with Crippen LogP contribution in [0.1, 0.15) is 32.9 Å². The van der Waals surface area contributed by atoms with Crippen molar-refractivity contribution in [1.82, 2.24) is 24.6 Å². The van der Waals surface area contributed by atoms with E-state index in [9.17, 15) is 18.4 Å². The Balaban J connectivity index is 0.00000400. The minimum atomic E-state index is -0.998. The molecule has 0 saturated carbocycles. The zero-order chi connectivity index (χ0) is 26.2. The summed E-state index contributed by atoms with van der Waals surface area (Å²) < 4.78 is 39.1. The number of nitrogens with one attached hydrogen (secondary N) is 1. The molecule has 0 bridgehead atoms. The topological polar surface area (TPSA) is 100 Å². The van der Waals surface area contributed by atoms with Gasteiger partial charge in [-0.1, -0.05) is 24.3 Å². The monoisotopic (exact) mass is 545 g/mol. The molecule has 12 heteroatoms. The lowest BCUT2D eigenvalue weighted by atomic mass is 10.1. The molecule has 1 amide bonds. The number of carbonyl (C=O) groups excluding carboxylic acids is 1. The van der Waals surface area contributed by atoms with Gasteiger partial charge in [-0.15, -0.1) is 12.4 Å². The Morgan fingerprint density at radius 2 is 1.76 bits per heavy atom. The number of pyridine rings is 2. The summed E-state index contributed by atoms with van der Waals surface area (Å²) in [6.07, 6.45) is 4.33. The summed E-state index contributed by atoms with van der Waals surface area (Å²) in [6, 6.07) is 13.0. The summed E-state index contributed by atoms with van der Waals surface area (Å²) in [5.74, 6) is -0.606. The van der Waals surface area contributed by atoms with Crippen LogP contribution in [0.4, 0.5) is 8.78 Å². The maximum Gasteiger partial charge on any atom is 0.255 e. The predicted octanol–water partition coefficient (Wildman–Crippen LogP) is 3.48. The summed E-state index contributed by atoms with van der Waals surface area (Å²) in [7, 11) is 1.51. The average Bonchev–Trinajstić information content (AvgIpc) is 3.29. The molecule has 0 aliphatic heterocycles. The van der Waals surface area contributed by atoms with E-state index >= 15 is 0 Å². The van der Waals surface area contributed by atoms with Crippen molar-refractivity contribution in [1.29, 1.82) is 0 Å². The number of hydrogen-bond donors (Lipinski definition) is 1. The fourth-order valence-electron chi connectivity index (χ4n) is 3.74. The van der Waals surface area contributed by atoms with Gasteiger partial charge in [-0.05, 0) is 29.3 Å². The molecule has 0 unspecified atom stereocenters. The van der Waals surface area contributed by atoms with E-state index in [1.807, 2.05) is 24.3 Å². The molecule has 0 atom stereocenters. The van der Waals surface area contributed by atoms with Crippen LogP contribution in [-0.4, -0.2) is 39.2 Å². The molecular weight excluding hydrogens is 520 g/mol. The summed E-state index contributed by atoms with van der Waals surface area (Å²) in [5, 5.41) is 7.25. The zero-order valence-corrected chi connectivity index (χ0v) is 21.3. The summed E-state index contributed by atoms with van der Waals surface area (Å²) >= 11 is 0. The van der Waals surface area contributed by atoms with Crippen molar-refractivity contribution in [2.24, 2.45) is 0 Å². The van der Waals surface area contributed by atoms with Gasteiger partial charge in [0.25, 0.3) is 11.5 Å². The quantitative estimate of drug-likeness (QED) is 0.310. The van der Waals surface area contributed by atoms with E-state index in [4.69, 9.17) is 9.47 Å². The third-order valence-electron chi connectivity index (χ3n) is 5.51. The second-order valence-electron chi connectivity index (χ2n) is 8.13. The number of methoxy groups -OCH3 is 1. The molecule has 38 heavy (non-hydrogen) atoms. The lowest BCUT2D eigenvalue weighted by Gasteiger charge is -2.09. The van der Waals surface area contributed by atoms with Crippen molar-refractivity contribution in [3.8, 4) is 5.75 Å². The van der Waals surface area contributed by atoms with E-state index in [2.05, 4.69) is 15.4 Å². The minimum Gasteiger partial charge on any atom is -0.461 e. The molecule has 4 rings (SSSR count). The minimum absolute atomic E-state index is 0. The first kappa shape index (κ1) is 28.5. The fourth-order valence-corrected chi connectivity index (χ4v) is 3.74. The molecular formula is C26H26ClF2N5O4. The first-order valence-corrected chi connectivity index (χ1v) is 11.4. The molecule has 4 aromatic rings. The number of amides is 1. The third kappa shape index (κ3) is 7.24. The van der Waals surface area contributed by atoms with Crippen molar-refractivity contribution < 1.29 is 23.0 Å². The Bertz CT molecular complexity index is 1430. The molecule has 0 spiro atoms.